The van der Waals surface area contributed by atoms with Crippen molar-refractivity contribution in [2.75, 3.05) is 0 Å². The zero-order valence-electron chi connectivity index (χ0n) is 13.5. The molecule has 1 aromatic carbocycles. The number of hydrogen-bond acceptors (Lipinski definition) is 4. The van der Waals surface area contributed by atoms with E-state index in [1.807, 2.05) is 13.0 Å². The van der Waals surface area contributed by atoms with Crippen molar-refractivity contribution < 1.29 is 9.90 Å². The minimum atomic E-state index is -0.565. The van der Waals surface area contributed by atoms with E-state index in [0.29, 0.717) is 16.5 Å². The molecule has 0 spiro atoms. The van der Waals surface area contributed by atoms with Crippen LogP contribution in [0.3, 0.4) is 0 Å². The molecule has 0 aliphatic carbocycles. The van der Waals surface area contributed by atoms with Crippen LogP contribution in [0.2, 0.25) is 0 Å². The minimum Gasteiger partial charge on any atom is -0.494 e. The van der Waals surface area contributed by atoms with Crippen molar-refractivity contribution in [3.8, 4) is 11.9 Å². The van der Waals surface area contributed by atoms with Crippen LogP contribution in [-0.2, 0) is 6.54 Å². The largest absolute Gasteiger partial charge is 0.494 e. The van der Waals surface area contributed by atoms with E-state index in [4.69, 9.17) is 0 Å². The van der Waals surface area contributed by atoms with Gasteiger partial charge in [0.2, 0.25) is 5.88 Å². The SMILES string of the molecule is CCCCn1c(O)c(C(=O)c2ccccc2Br)c(C)c(C#N)c1=O. The van der Waals surface area contributed by atoms with E-state index in [2.05, 4.69) is 15.9 Å². The van der Waals surface area contributed by atoms with Crippen LogP contribution in [0.4, 0.5) is 0 Å². The second kappa shape index (κ2) is 7.45. The van der Waals surface area contributed by atoms with Crippen molar-refractivity contribution in [3.63, 3.8) is 0 Å². The lowest BCUT2D eigenvalue weighted by molar-refractivity contribution is 0.103. The van der Waals surface area contributed by atoms with E-state index < -0.39 is 11.3 Å². The fourth-order valence-corrected chi connectivity index (χ4v) is 2.99. The van der Waals surface area contributed by atoms with Crippen LogP contribution in [0.1, 0.15) is 46.8 Å². The quantitative estimate of drug-likeness (QED) is 0.794. The van der Waals surface area contributed by atoms with Crippen LogP contribution in [0.15, 0.2) is 33.5 Å². The number of carbonyl (C=O) groups is 1. The summed E-state index contributed by atoms with van der Waals surface area (Å²) in [5.41, 5.74) is -0.118. The van der Waals surface area contributed by atoms with Crippen molar-refractivity contribution in [3.05, 3.63) is 61.3 Å². The van der Waals surface area contributed by atoms with Crippen LogP contribution in [0, 0.1) is 18.3 Å². The summed E-state index contributed by atoms with van der Waals surface area (Å²) in [5.74, 6) is -0.815. The van der Waals surface area contributed by atoms with Crippen molar-refractivity contribution >= 4 is 21.7 Å². The molecule has 1 heterocycles. The van der Waals surface area contributed by atoms with E-state index >= 15 is 0 Å². The average molecular weight is 389 g/mol. The number of carbonyl (C=O) groups excluding carboxylic acids is 1. The van der Waals surface area contributed by atoms with Gasteiger partial charge in [-0.05, 0) is 31.0 Å². The van der Waals surface area contributed by atoms with Gasteiger partial charge in [-0.25, -0.2) is 0 Å². The molecule has 1 aromatic heterocycles. The Bertz CT molecular complexity index is 894. The van der Waals surface area contributed by atoms with Crippen molar-refractivity contribution in [1.29, 1.82) is 5.26 Å². The van der Waals surface area contributed by atoms with E-state index in [1.54, 1.807) is 24.3 Å². The highest BCUT2D eigenvalue weighted by atomic mass is 79.9. The standard InChI is InChI=1S/C18H17BrN2O3/c1-3-4-9-21-17(23)13(10-20)11(2)15(18(21)24)16(22)12-7-5-6-8-14(12)19/h5-8,24H,3-4,9H2,1-2H3. The van der Waals surface area contributed by atoms with Crippen LogP contribution in [0.25, 0.3) is 0 Å². The molecule has 24 heavy (non-hydrogen) atoms. The van der Waals surface area contributed by atoms with Gasteiger partial charge in [0, 0.05) is 16.6 Å². The van der Waals surface area contributed by atoms with Crippen LogP contribution < -0.4 is 5.56 Å². The molecule has 6 heteroatoms. The highest BCUT2D eigenvalue weighted by Gasteiger charge is 2.25. The lowest BCUT2D eigenvalue weighted by atomic mass is 9.97. The third kappa shape index (κ3) is 3.13. The Morgan fingerprint density at radius 1 is 1.38 bits per heavy atom. The Hall–Kier alpha value is -2.39. The maximum atomic E-state index is 12.9. The number of nitriles is 1. The third-order valence-corrected chi connectivity index (χ3v) is 4.57. The zero-order valence-corrected chi connectivity index (χ0v) is 15.1. The summed E-state index contributed by atoms with van der Waals surface area (Å²) in [4.78, 5) is 25.3. The monoisotopic (exact) mass is 388 g/mol. The van der Waals surface area contributed by atoms with Gasteiger partial charge in [-0.1, -0.05) is 41.4 Å². The average Bonchev–Trinajstić information content (AvgIpc) is 2.55. The predicted molar refractivity (Wildman–Crippen MR) is 94.3 cm³/mol. The fourth-order valence-electron chi connectivity index (χ4n) is 2.53. The highest BCUT2D eigenvalue weighted by molar-refractivity contribution is 9.10. The summed E-state index contributed by atoms with van der Waals surface area (Å²) in [6, 6.07) is 8.69. The van der Waals surface area contributed by atoms with Crippen molar-refractivity contribution in [2.45, 2.75) is 33.2 Å². The molecule has 1 N–H and O–H groups in total. The van der Waals surface area contributed by atoms with E-state index in [0.717, 1.165) is 11.0 Å². The van der Waals surface area contributed by atoms with E-state index in [1.165, 1.54) is 6.92 Å². The molecule has 0 saturated heterocycles. The van der Waals surface area contributed by atoms with Gasteiger partial charge < -0.3 is 5.11 Å². The van der Waals surface area contributed by atoms with Crippen molar-refractivity contribution in [2.24, 2.45) is 0 Å². The molecule has 0 unspecified atom stereocenters. The summed E-state index contributed by atoms with van der Waals surface area (Å²) in [7, 11) is 0. The number of nitrogens with zero attached hydrogens (tertiary/aromatic N) is 2. The number of halogens is 1. The second-order valence-corrected chi connectivity index (χ2v) is 6.28. The first-order chi connectivity index (χ1) is 11.4. The Morgan fingerprint density at radius 3 is 2.62 bits per heavy atom. The van der Waals surface area contributed by atoms with Crippen molar-refractivity contribution in [1.82, 2.24) is 4.57 Å². The Balaban J connectivity index is 2.74. The first-order valence-electron chi connectivity index (χ1n) is 7.59. The van der Waals surface area contributed by atoms with E-state index in [9.17, 15) is 20.0 Å². The molecule has 0 amide bonds. The Kier molecular flexibility index (Phi) is 5.58. The molecule has 0 aliphatic rings. The molecule has 0 radical (unpaired) electrons. The molecule has 0 fully saturated rings. The van der Waals surface area contributed by atoms with Crippen LogP contribution in [-0.4, -0.2) is 15.5 Å². The lowest BCUT2D eigenvalue weighted by Crippen LogP contribution is -2.27. The predicted octanol–water partition coefficient (Wildman–Crippen LogP) is 3.53. The molecular weight excluding hydrogens is 372 g/mol. The lowest BCUT2D eigenvalue weighted by Gasteiger charge is -2.15. The normalized spacial score (nSPS) is 10.4. The van der Waals surface area contributed by atoms with Gasteiger partial charge in [0.05, 0.1) is 5.56 Å². The summed E-state index contributed by atoms with van der Waals surface area (Å²) >= 11 is 3.32. The zero-order chi connectivity index (χ0) is 17.9. The number of hydrogen-bond donors (Lipinski definition) is 1. The van der Waals surface area contributed by atoms with Crippen LogP contribution >= 0.6 is 15.9 Å². The molecule has 2 aromatic rings. The first-order valence-corrected chi connectivity index (χ1v) is 8.39. The maximum Gasteiger partial charge on any atom is 0.271 e. The third-order valence-electron chi connectivity index (χ3n) is 3.88. The molecule has 0 atom stereocenters. The smallest absolute Gasteiger partial charge is 0.271 e. The Labute approximate surface area is 148 Å². The number of benzene rings is 1. The van der Waals surface area contributed by atoms with Gasteiger partial charge in [0.1, 0.15) is 11.6 Å². The maximum absolute atomic E-state index is 12.9. The summed E-state index contributed by atoms with van der Waals surface area (Å²) in [5, 5.41) is 19.8. The molecule has 2 rings (SSSR count). The van der Waals surface area contributed by atoms with E-state index in [-0.39, 0.29) is 29.1 Å². The number of pyridine rings is 1. The minimum absolute atomic E-state index is 0.00541. The van der Waals surface area contributed by atoms with Gasteiger partial charge in [0.25, 0.3) is 5.56 Å². The summed E-state index contributed by atoms with van der Waals surface area (Å²) in [6.45, 7) is 3.72. The molecule has 0 aliphatic heterocycles. The number of unbranched alkanes of at least 4 members (excludes halogenated alkanes) is 1. The molecule has 5 nitrogen and oxygen atoms in total. The number of aromatic hydroxyl groups is 1. The van der Waals surface area contributed by atoms with Crippen LogP contribution in [0.5, 0.6) is 5.88 Å². The van der Waals surface area contributed by atoms with Gasteiger partial charge >= 0.3 is 0 Å². The summed E-state index contributed by atoms with van der Waals surface area (Å²) in [6.07, 6.45) is 1.47. The molecule has 0 saturated carbocycles. The van der Waals surface area contributed by atoms with Gasteiger partial charge in [-0.15, -0.1) is 0 Å². The highest BCUT2D eigenvalue weighted by Crippen LogP contribution is 2.28. The number of rotatable bonds is 5. The second-order valence-electron chi connectivity index (χ2n) is 5.43. The van der Waals surface area contributed by atoms with Gasteiger partial charge in [-0.3, -0.25) is 14.2 Å². The Morgan fingerprint density at radius 2 is 2.04 bits per heavy atom. The number of aromatic nitrogens is 1. The molecule has 124 valence electrons. The molecular formula is C18H17BrN2O3. The molecule has 0 bridgehead atoms. The topological polar surface area (TPSA) is 83.1 Å². The first kappa shape index (κ1) is 18.0. The van der Waals surface area contributed by atoms with Gasteiger partial charge in [-0.2, -0.15) is 5.26 Å². The summed E-state index contributed by atoms with van der Waals surface area (Å²) < 4.78 is 1.69. The number of ketones is 1. The van der Waals surface area contributed by atoms with Gasteiger partial charge in [0.15, 0.2) is 5.78 Å². The fraction of sp³-hybridized carbons (Fsp3) is 0.278.